The van der Waals surface area contributed by atoms with Crippen LogP contribution in [0.2, 0.25) is 0 Å². The maximum Gasteiger partial charge on any atom is 0.417 e. The van der Waals surface area contributed by atoms with E-state index >= 15 is 0 Å². The van der Waals surface area contributed by atoms with Crippen LogP contribution in [0.3, 0.4) is 0 Å². The normalized spacial score (nSPS) is 12.5. The first-order valence-electron chi connectivity index (χ1n) is 10.0. The molecule has 2 aromatic carbocycles. The van der Waals surface area contributed by atoms with E-state index in [1.807, 2.05) is 0 Å². The summed E-state index contributed by atoms with van der Waals surface area (Å²) in [6, 6.07) is 7.14. The average Bonchev–Trinajstić information content (AvgIpc) is 2.62. The minimum absolute atomic E-state index is 0.111. The number of benzene rings is 2. The first-order valence-corrected chi connectivity index (χ1v) is 10.8. The van der Waals surface area contributed by atoms with Gasteiger partial charge in [-0.2, -0.15) is 26.3 Å². The van der Waals surface area contributed by atoms with Gasteiger partial charge in [0.1, 0.15) is 0 Å². The van der Waals surface area contributed by atoms with Crippen LogP contribution in [-0.4, -0.2) is 0 Å². The van der Waals surface area contributed by atoms with Crippen LogP contribution in [0.5, 0.6) is 0 Å². The third-order valence-electron chi connectivity index (χ3n) is 4.01. The van der Waals surface area contributed by atoms with Gasteiger partial charge >= 0.3 is 12.4 Å². The van der Waals surface area contributed by atoms with Gasteiger partial charge < -0.3 is 0 Å². The Morgan fingerprint density at radius 2 is 0.909 bits per heavy atom. The molecular weight excluding hydrogens is 458 g/mol. The topological polar surface area (TPSA) is 0 Å². The SMILES string of the molecule is CC(C)(C)C#Cc1c(Sc2cccc(C(F)(F)F)c2C#CC(C)(C)C)cccc1C(F)(F)F. The van der Waals surface area contributed by atoms with E-state index in [0.29, 0.717) is 0 Å². The molecule has 176 valence electrons. The lowest BCUT2D eigenvalue weighted by molar-refractivity contribution is -0.138. The molecule has 0 unspecified atom stereocenters. The number of halogens is 6. The fraction of sp³-hybridized carbons (Fsp3) is 0.385. The molecule has 0 aromatic heterocycles. The quantitative estimate of drug-likeness (QED) is 0.305. The smallest absolute Gasteiger partial charge is 0.166 e. The molecule has 0 saturated carbocycles. The Morgan fingerprint density at radius 1 is 0.576 bits per heavy atom. The Morgan fingerprint density at radius 3 is 1.18 bits per heavy atom. The third kappa shape index (κ3) is 7.79. The van der Waals surface area contributed by atoms with Crippen LogP contribution in [0, 0.1) is 34.5 Å². The maximum atomic E-state index is 13.7. The predicted octanol–water partition coefficient (Wildman–Crippen LogP) is 8.67. The van der Waals surface area contributed by atoms with Crippen LogP contribution >= 0.6 is 11.8 Å². The summed E-state index contributed by atoms with van der Waals surface area (Å²) in [5.74, 6) is 10.8. The van der Waals surface area contributed by atoms with Crippen LogP contribution in [0.1, 0.15) is 63.8 Å². The van der Waals surface area contributed by atoms with Gasteiger partial charge in [0, 0.05) is 20.6 Å². The molecule has 2 aromatic rings. The zero-order chi connectivity index (χ0) is 25.2. The fourth-order valence-corrected chi connectivity index (χ4v) is 3.64. The molecule has 0 amide bonds. The predicted molar refractivity (Wildman–Crippen MR) is 120 cm³/mol. The number of hydrogen-bond donors (Lipinski definition) is 0. The molecule has 0 fully saturated rings. The number of hydrogen-bond acceptors (Lipinski definition) is 1. The maximum absolute atomic E-state index is 13.7. The van der Waals surface area contributed by atoms with Gasteiger partial charge in [-0.25, -0.2) is 0 Å². The van der Waals surface area contributed by atoms with Gasteiger partial charge in [0.2, 0.25) is 0 Å². The third-order valence-corrected chi connectivity index (χ3v) is 5.13. The van der Waals surface area contributed by atoms with Crippen LogP contribution in [0.25, 0.3) is 0 Å². The summed E-state index contributed by atoms with van der Waals surface area (Å²) >= 11 is 0.798. The highest BCUT2D eigenvalue weighted by atomic mass is 32.2. The molecule has 0 aliphatic heterocycles. The van der Waals surface area contributed by atoms with Crippen molar-refractivity contribution in [2.75, 3.05) is 0 Å². The van der Waals surface area contributed by atoms with Crippen molar-refractivity contribution in [3.63, 3.8) is 0 Å². The van der Waals surface area contributed by atoms with Crippen molar-refractivity contribution in [1.29, 1.82) is 0 Å². The van der Waals surface area contributed by atoms with E-state index in [9.17, 15) is 26.3 Å². The monoisotopic (exact) mass is 482 g/mol. The summed E-state index contributed by atoms with van der Waals surface area (Å²) in [5.41, 5.74) is -3.54. The van der Waals surface area contributed by atoms with E-state index in [1.54, 1.807) is 41.5 Å². The van der Waals surface area contributed by atoms with Gasteiger partial charge in [-0.05, 0) is 65.8 Å². The first-order chi connectivity index (χ1) is 14.9. The summed E-state index contributed by atoms with van der Waals surface area (Å²) in [7, 11) is 0. The molecular formula is C26H24F6S. The molecule has 7 heteroatoms. The molecule has 0 heterocycles. The van der Waals surface area contributed by atoms with Crippen molar-refractivity contribution in [3.05, 3.63) is 58.7 Å². The van der Waals surface area contributed by atoms with Crippen molar-refractivity contribution in [2.45, 2.75) is 63.7 Å². The molecule has 0 saturated heterocycles. The summed E-state index contributed by atoms with van der Waals surface area (Å²) in [6.07, 6.45) is -9.33. The average molecular weight is 483 g/mol. The van der Waals surface area contributed by atoms with E-state index in [2.05, 4.69) is 23.7 Å². The molecule has 0 bridgehead atoms. The minimum atomic E-state index is -4.67. The van der Waals surface area contributed by atoms with Crippen molar-refractivity contribution < 1.29 is 26.3 Å². The van der Waals surface area contributed by atoms with Crippen LogP contribution in [0.4, 0.5) is 26.3 Å². The summed E-state index contributed by atoms with van der Waals surface area (Å²) in [4.78, 5) is 0.222. The second kappa shape index (κ2) is 9.39. The van der Waals surface area contributed by atoms with E-state index < -0.39 is 34.3 Å². The standard InChI is InChI=1S/C26H24F6S/c1-23(2,3)15-13-17-19(25(27,28)29)9-7-11-21(17)33-22-12-8-10-20(26(30,31)32)18(22)14-16-24(4,5)6/h7-12H,1-6H3. The molecule has 0 N–H and O–H groups in total. The molecule has 0 nitrogen and oxygen atoms in total. The van der Waals surface area contributed by atoms with Gasteiger partial charge in [-0.1, -0.05) is 47.6 Å². The van der Waals surface area contributed by atoms with E-state index in [-0.39, 0.29) is 20.9 Å². The molecule has 0 aliphatic rings. The summed E-state index contributed by atoms with van der Waals surface area (Å²) < 4.78 is 82.1. The Labute approximate surface area is 195 Å². The Balaban J connectivity index is 2.77. The molecule has 0 radical (unpaired) electrons. The molecule has 0 atom stereocenters. The Bertz CT molecular complexity index is 1040. The summed E-state index contributed by atoms with van der Waals surface area (Å²) in [5, 5.41) is 0. The van der Waals surface area contributed by atoms with Crippen LogP contribution in [0.15, 0.2) is 46.2 Å². The lowest BCUT2D eigenvalue weighted by Crippen LogP contribution is -2.10. The van der Waals surface area contributed by atoms with E-state index in [4.69, 9.17) is 0 Å². The van der Waals surface area contributed by atoms with Gasteiger partial charge in [0.15, 0.2) is 0 Å². The van der Waals surface area contributed by atoms with Crippen molar-refractivity contribution >= 4 is 11.8 Å². The van der Waals surface area contributed by atoms with Crippen molar-refractivity contribution in [3.8, 4) is 23.7 Å². The molecule has 0 aliphatic carbocycles. The highest BCUT2D eigenvalue weighted by Gasteiger charge is 2.36. The minimum Gasteiger partial charge on any atom is -0.166 e. The molecule has 2 rings (SSSR count). The van der Waals surface area contributed by atoms with E-state index in [0.717, 1.165) is 23.9 Å². The molecule has 0 spiro atoms. The first kappa shape index (κ1) is 26.7. The second-order valence-corrected chi connectivity index (χ2v) is 10.5. The van der Waals surface area contributed by atoms with Gasteiger partial charge in [0.05, 0.1) is 22.3 Å². The lowest BCUT2D eigenvalue weighted by atomic mass is 9.96. The van der Waals surface area contributed by atoms with Gasteiger partial charge in [-0.15, -0.1) is 0 Å². The number of rotatable bonds is 2. The zero-order valence-corrected chi connectivity index (χ0v) is 20.0. The van der Waals surface area contributed by atoms with Crippen LogP contribution < -0.4 is 0 Å². The van der Waals surface area contributed by atoms with E-state index in [1.165, 1.54) is 24.3 Å². The highest BCUT2D eigenvalue weighted by Crippen LogP contribution is 2.42. The molecule has 33 heavy (non-hydrogen) atoms. The number of alkyl halides is 6. The zero-order valence-electron chi connectivity index (χ0n) is 19.1. The van der Waals surface area contributed by atoms with Gasteiger partial charge in [-0.3, -0.25) is 0 Å². The summed E-state index contributed by atoms with van der Waals surface area (Å²) in [6.45, 7) is 10.6. The Hall–Kier alpha value is -2.51. The van der Waals surface area contributed by atoms with Crippen molar-refractivity contribution in [2.24, 2.45) is 10.8 Å². The largest absolute Gasteiger partial charge is 0.417 e. The van der Waals surface area contributed by atoms with Crippen LogP contribution in [-0.2, 0) is 12.4 Å². The lowest BCUT2D eigenvalue weighted by Gasteiger charge is -2.16. The highest BCUT2D eigenvalue weighted by molar-refractivity contribution is 7.99. The fourth-order valence-electron chi connectivity index (χ4n) is 2.58. The van der Waals surface area contributed by atoms with Crippen molar-refractivity contribution in [1.82, 2.24) is 0 Å². The Kier molecular flexibility index (Phi) is 7.61. The second-order valence-electron chi connectivity index (χ2n) is 9.45. The van der Waals surface area contributed by atoms with Gasteiger partial charge in [0.25, 0.3) is 0 Å².